The average Bonchev–Trinajstić information content (AvgIpc) is 3.71. The zero-order valence-corrected chi connectivity index (χ0v) is 42.6. The minimum atomic E-state index is -2.97. The van der Waals surface area contributed by atoms with Gasteiger partial charge in [0.1, 0.15) is 11.6 Å². The SMILES string of the molecule is [2H]c1nc(-c2[c-]c(-c3cccc4c3nc(-c3cc(C(C)C)cc(C(C)C)c3O)n4-c3cc(C(C)(C)C)ccc3-c3ccc(C(C)(C)C)cc3)cc(C(C)(C)C)c2)c([2H])c(-c2c([2H])c([2H])c(C([2H])([2H])[2H])c([2H])c2[2H])c1[2H].[Pt]. The zero-order valence-electron chi connectivity index (χ0n) is 50.3. The number of pyridine rings is 1. The molecule has 8 rings (SSSR count). The van der Waals surface area contributed by atoms with Crippen molar-refractivity contribution in [3.63, 3.8) is 0 Å². The number of hydrogen-bond donors (Lipinski definition) is 1. The predicted molar refractivity (Wildman–Crippen MR) is 276 cm³/mol. The number of aromatic hydroxyl groups is 1. The van der Waals surface area contributed by atoms with Crippen LogP contribution in [-0.4, -0.2) is 19.6 Å². The molecule has 0 aliphatic rings. The second-order valence-corrected chi connectivity index (χ2v) is 21.0. The normalized spacial score (nSPS) is 14.7. The summed E-state index contributed by atoms with van der Waals surface area (Å²) in [6.45, 7) is 24.7. The van der Waals surface area contributed by atoms with Gasteiger partial charge in [0.05, 0.1) is 31.9 Å². The first-order chi connectivity index (χ1) is 34.7. The average molecular weight is 1060 g/mol. The summed E-state index contributed by atoms with van der Waals surface area (Å²) in [4.78, 5) is 10.0. The summed E-state index contributed by atoms with van der Waals surface area (Å²) in [6, 6.07) is 28.5. The number of benzene rings is 6. The Balaban J connectivity index is 0.00000840. The number of fused-ring (bicyclic) bond motifs is 1. The molecule has 0 fully saturated rings. The molecule has 4 nitrogen and oxygen atoms in total. The molecule has 0 amide bonds. The summed E-state index contributed by atoms with van der Waals surface area (Å²) < 4.78 is 88.5. The van der Waals surface area contributed by atoms with E-state index in [0.717, 1.165) is 44.6 Å². The van der Waals surface area contributed by atoms with E-state index in [1.54, 1.807) is 0 Å². The van der Waals surface area contributed by atoms with Crippen LogP contribution in [-0.2, 0) is 37.3 Å². The van der Waals surface area contributed by atoms with Crippen molar-refractivity contribution in [2.24, 2.45) is 0 Å². The Hall–Kier alpha value is -5.57. The Kier molecular flexibility index (Phi) is 10.1. The summed E-state index contributed by atoms with van der Waals surface area (Å²) >= 11 is 0. The van der Waals surface area contributed by atoms with E-state index in [1.165, 1.54) is 5.56 Å². The Morgan fingerprint density at radius 2 is 1.29 bits per heavy atom. The fraction of sp³-hybridized carbons (Fsp3) is 0.311. The molecule has 0 radical (unpaired) electrons. The van der Waals surface area contributed by atoms with Crippen LogP contribution in [0.1, 0.15) is 149 Å². The molecule has 0 aliphatic carbocycles. The van der Waals surface area contributed by atoms with E-state index in [0.29, 0.717) is 28.0 Å². The molecule has 0 saturated carbocycles. The van der Waals surface area contributed by atoms with Crippen molar-refractivity contribution in [3.8, 4) is 67.5 Å². The van der Waals surface area contributed by atoms with Crippen LogP contribution < -0.4 is 0 Å². The van der Waals surface area contributed by atoms with Crippen LogP contribution in [0.2, 0.25) is 0 Å². The number of hydrogen-bond acceptors (Lipinski definition) is 3. The van der Waals surface area contributed by atoms with Gasteiger partial charge in [0.25, 0.3) is 0 Å². The number of phenols is 1. The van der Waals surface area contributed by atoms with Crippen molar-refractivity contribution >= 4 is 11.0 Å². The van der Waals surface area contributed by atoms with Gasteiger partial charge in [0.15, 0.2) is 0 Å². The van der Waals surface area contributed by atoms with Crippen LogP contribution in [0.3, 0.4) is 0 Å². The van der Waals surface area contributed by atoms with Crippen molar-refractivity contribution in [2.75, 3.05) is 0 Å². The number of imidazole rings is 1. The van der Waals surface area contributed by atoms with E-state index in [2.05, 4.69) is 133 Å². The molecule has 0 aliphatic heterocycles. The van der Waals surface area contributed by atoms with Gasteiger partial charge < -0.3 is 5.11 Å². The number of para-hydroxylation sites is 1. The van der Waals surface area contributed by atoms with Crippen molar-refractivity contribution < 1.29 is 39.9 Å². The van der Waals surface area contributed by atoms with Gasteiger partial charge in [0.2, 0.25) is 0 Å². The third-order valence-corrected chi connectivity index (χ3v) is 12.3. The molecule has 0 bridgehead atoms. The molecule has 8 aromatic rings. The molecule has 0 atom stereocenters. The van der Waals surface area contributed by atoms with E-state index in [4.69, 9.17) is 17.3 Å². The fourth-order valence-corrected chi connectivity index (χ4v) is 8.23. The first-order valence-electron chi connectivity index (χ1n) is 27.5. The molecule has 2 aromatic heterocycles. The smallest absolute Gasteiger partial charge is 0.148 e. The quantitative estimate of drug-likeness (QED) is 0.154. The Labute approximate surface area is 422 Å². The third-order valence-electron chi connectivity index (χ3n) is 12.3. The summed E-state index contributed by atoms with van der Waals surface area (Å²) in [5.41, 5.74) is 8.70. The molecular weight excluding hydrogens is 986 g/mol. The largest absolute Gasteiger partial charge is 0.507 e. The van der Waals surface area contributed by atoms with E-state index >= 15 is 0 Å². The summed E-state index contributed by atoms with van der Waals surface area (Å²) in [6.07, 6.45) is -0.583. The fourth-order valence-electron chi connectivity index (χ4n) is 8.23. The van der Waals surface area contributed by atoms with Gasteiger partial charge in [-0.1, -0.05) is 192 Å². The third kappa shape index (κ3) is 9.63. The van der Waals surface area contributed by atoms with Crippen LogP contribution in [0.15, 0.2) is 127 Å². The first-order valence-corrected chi connectivity index (χ1v) is 22.5. The Morgan fingerprint density at radius 1 is 0.636 bits per heavy atom. The van der Waals surface area contributed by atoms with Crippen LogP contribution in [0, 0.1) is 12.9 Å². The molecule has 5 heteroatoms. The molecule has 66 heavy (non-hydrogen) atoms. The van der Waals surface area contributed by atoms with Gasteiger partial charge >= 0.3 is 0 Å². The molecule has 1 N–H and O–H groups in total. The van der Waals surface area contributed by atoms with Crippen LogP contribution in [0.25, 0.3) is 72.7 Å². The van der Waals surface area contributed by atoms with Gasteiger partial charge in [-0.3, -0.25) is 9.55 Å². The Bertz CT molecular complexity index is 3550. The van der Waals surface area contributed by atoms with Crippen LogP contribution in [0.4, 0.5) is 0 Å². The summed E-state index contributed by atoms with van der Waals surface area (Å²) in [5.74, 6) is 0.791. The molecule has 2 heterocycles. The van der Waals surface area contributed by atoms with Crippen molar-refractivity contribution in [3.05, 3.63) is 167 Å². The standard InChI is InChI=1S/C61H66N3O.Pt/c1-37(2)43-33-51(38(3)4)57(65)52(34-43)58-63-56-50(44-30-45(32-48(31-44)61(12,13)14)53-35-42(28-29-62-53)40-20-18-39(5)19-21-40)16-15-17-54(56)64(58)55-36-47(60(9,10)11)26-27-49(55)41-22-24-46(25-23-41)59(6,7)8;/h15-29,31-38,65H,1-14H3;/q-1;/i5D3,18D,19D,20D,21D,28D,29D,35D;. The second-order valence-electron chi connectivity index (χ2n) is 21.0. The van der Waals surface area contributed by atoms with Crippen LogP contribution >= 0.6 is 0 Å². The van der Waals surface area contributed by atoms with Gasteiger partial charge in [-0.05, 0) is 98.1 Å². The van der Waals surface area contributed by atoms with Gasteiger partial charge in [0, 0.05) is 42.6 Å². The van der Waals surface area contributed by atoms with Crippen molar-refractivity contribution in [1.82, 2.24) is 14.5 Å². The molecule has 342 valence electrons. The Morgan fingerprint density at radius 3 is 1.91 bits per heavy atom. The van der Waals surface area contributed by atoms with Crippen molar-refractivity contribution in [1.29, 1.82) is 0 Å². The minimum absolute atomic E-state index is 0. The first kappa shape index (κ1) is 36.5. The maximum absolute atomic E-state index is 12.5. The summed E-state index contributed by atoms with van der Waals surface area (Å²) in [5, 5.41) is 12.5. The number of phenolic OH excluding ortho intramolecular Hbond substituents is 1. The van der Waals surface area contributed by atoms with Crippen LogP contribution in [0.5, 0.6) is 5.75 Å². The number of aromatic nitrogens is 3. The predicted octanol–water partition coefficient (Wildman–Crippen LogP) is 16.7. The monoisotopic (exact) mass is 1060 g/mol. The summed E-state index contributed by atoms with van der Waals surface area (Å²) in [7, 11) is 0. The topological polar surface area (TPSA) is 50.9 Å². The number of rotatable bonds is 8. The van der Waals surface area contributed by atoms with E-state index in [1.807, 2.05) is 57.2 Å². The van der Waals surface area contributed by atoms with Gasteiger partial charge in [-0.2, -0.15) is 0 Å². The molecule has 0 saturated heterocycles. The minimum Gasteiger partial charge on any atom is -0.507 e. The molecule has 0 unspecified atom stereocenters. The van der Waals surface area contributed by atoms with Crippen molar-refractivity contribution in [2.45, 2.75) is 125 Å². The van der Waals surface area contributed by atoms with E-state index in [-0.39, 0.29) is 66.3 Å². The zero-order chi connectivity index (χ0) is 55.3. The molecule has 6 aromatic carbocycles. The second kappa shape index (κ2) is 18.3. The number of nitrogens with zero attached hydrogens (tertiary/aromatic N) is 3. The maximum Gasteiger partial charge on any atom is 0.148 e. The maximum atomic E-state index is 12.5. The van der Waals surface area contributed by atoms with Gasteiger partial charge in [-0.25, -0.2) is 4.98 Å². The van der Waals surface area contributed by atoms with E-state index < -0.39 is 65.8 Å². The molecule has 0 spiro atoms. The van der Waals surface area contributed by atoms with E-state index in [9.17, 15) is 6.48 Å². The van der Waals surface area contributed by atoms with Gasteiger partial charge in [-0.15, -0.1) is 29.3 Å². The molecular formula is C61H66N3OPt-.